The Labute approximate surface area is 129 Å². The Kier molecular flexibility index (Phi) is 6.22. The summed E-state index contributed by atoms with van der Waals surface area (Å²) in [5.41, 5.74) is 5.63. The zero-order valence-corrected chi connectivity index (χ0v) is 13.1. The van der Waals surface area contributed by atoms with Crippen LogP contribution in [0.1, 0.15) is 19.3 Å². The van der Waals surface area contributed by atoms with Gasteiger partial charge in [0.25, 0.3) is 0 Å². The molecule has 1 heterocycles. The molecule has 0 aromatic heterocycles. The quantitative estimate of drug-likeness (QED) is 0.917. The van der Waals surface area contributed by atoms with Crippen LogP contribution in [0.3, 0.4) is 0 Å². The lowest BCUT2D eigenvalue weighted by atomic mass is 10.1. The van der Waals surface area contributed by atoms with Gasteiger partial charge < -0.3 is 5.73 Å². The van der Waals surface area contributed by atoms with E-state index >= 15 is 0 Å². The second-order valence-corrected chi connectivity index (χ2v) is 6.87. The van der Waals surface area contributed by atoms with E-state index in [2.05, 4.69) is 0 Å². The Hall–Kier alpha value is -0.400. The van der Waals surface area contributed by atoms with Crippen molar-refractivity contribution in [3.8, 4) is 0 Å². The number of rotatable bonds is 3. The molecule has 1 atom stereocenters. The maximum Gasteiger partial charge on any atom is 0.243 e. The van der Waals surface area contributed by atoms with E-state index in [1.165, 1.54) is 10.4 Å². The zero-order valence-electron chi connectivity index (χ0n) is 10.8. The Morgan fingerprint density at radius 2 is 2.10 bits per heavy atom. The molecule has 0 saturated carbocycles. The van der Waals surface area contributed by atoms with Gasteiger partial charge in [0.2, 0.25) is 10.0 Å². The van der Waals surface area contributed by atoms with Gasteiger partial charge in [0.15, 0.2) is 0 Å². The fourth-order valence-corrected chi connectivity index (χ4v) is 4.27. The molecule has 0 bridgehead atoms. The summed E-state index contributed by atoms with van der Waals surface area (Å²) in [6, 6.07) is 3.26. The fraction of sp³-hybridized carbons (Fsp3) is 0.500. The van der Waals surface area contributed by atoms with Crippen LogP contribution < -0.4 is 5.73 Å². The smallest absolute Gasteiger partial charge is 0.243 e. The molecule has 1 aromatic rings. The first-order chi connectivity index (χ1) is 8.96. The van der Waals surface area contributed by atoms with Gasteiger partial charge >= 0.3 is 0 Å². The third kappa shape index (κ3) is 3.43. The van der Waals surface area contributed by atoms with E-state index in [4.69, 9.17) is 17.3 Å². The molecule has 1 aromatic carbocycles. The lowest BCUT2D eigenvalue weighted by Gasteiger charge is -2.33. The Bertz CT molecular complexity index is 569. The van der Waals surface area contributed by atoms with Gasteiger partial charge in [-0.25, -0.2) is 12.8 Å². The number of sulfonamides is 1. The van der Waals surface area contributed by atoms with Crippen molar-refractivity contribution in [2.24, 2.45) is 5.73 Å². The molecule has 0 radical (unpaired) electrons. The summed E-state index contributed by atoms with van der Waals surface area (Å²) in [6.07, 6.45) is 2.54. The molecule has 0 spiro atoms. The van der Waals surface area contributed by atoms with Gasteiger partial charge in [-0.1, -0.05) is 18.0 Å². The number of benzene rings is 1. The molecule has 0 amide bonds. The third-order valence-electron chi connectivity index (χ3n) is 3.34. The Morgan fingerprint density at radius 1 is 1.40 bits per heavy atom. The molecule has 1 fully saturated rings. The van der Waals surface area contributed by atoms with Crippen LogP contribution in [0, 0.1) is 5.82 Å². The average molecular weight is 343 g/mol. The lowest BCUT2D eigenvalue weighted by molar-refractivity contribution is 0.257. The molecular formula is C12H17Cl2FN2O2S. The van der Waals surface area contributed by atoms with Gasteiger partial charge in [-0.05, 0) is 31.0 Å². The monoisotopic (exact) mass is 342 g/mol. The second kappa shape index (κ2) is 7.04. The van der Waals surface area contributed by atoms with Crippen molar-refractivity contribution in [2.45, 2.75) is 30.2 Å². The number of nitrogens with two attached hydrogens (primary N) is 1. The summed E-state index contributed by atoms with van der Waals surface area (Å²) in [5.74, 6) is -0.630. The van der Waals surface area contributed by atoms with Crippen molar-refractivity contribution in [1.29, 1.82) is 0 Å². The number of halogens is 3. The van der Waals surface area contributed by atoms with Crippen molar-refractivity contribution < 1.29 is 12.8 Å². The summed E-state index contributed by atoms with van der Waals surface area (Å²) < 4.78 is 39.5. The average Bonchev–Trinajstić information content (AvgIpc) is 2.41. The van der Waals surface area contributed by atoms with Gasteiger partial charge in [-0.3, -0.25) is 0 Å². The molecule has 1 saturated heterocycles. The van der Waals surface area contributed by atoms with Gasteiger partial charge in [-0.15, -0.1) is 12.4 Å². The number of hydrogen-bond acceptors (Lipinski definition) is 3. The summed E-state index contributed by atoms with van der Waals surface area (Å²) in [4.78, 5) is 0.0132. The van der Waals surface area contributed by atoms with E-state index in [9.17, 15) is 12.8 Å². The minimum absolute atomic E-state index is 0. The Balaban J connectivity index is 0.00000200. The lowest BCUT2D eigenvalue weighted by Crippen LogP contribution is -2.47. The molecule has 114 valence electrons. The van der Waals surface area contributed by atoms with E-state index in [1.807, 2.05) is 0 Å². The zero-order chi connectivity index (χ0) is 14.0. The van der Waals surface area contributed by atoms with Gasteiger partial charge in [0, 0.05) is 19.1 Å². The molecule has 4 nitrogen and oxygen atoms in total. The van der Waals surface area contributed by atoms with Crippen molar-refractivity contribution in [2.75, 3.05) is 13.1 Å². The number of hydrogen-bond donors (Lipinski definition) is 1. The van der Waals surface area contributed by atoms with Crippen LogP contribution in [0.25, 0.3) is 0 Å². The first kappa shape index (κ1) is 17.7. The second-order valence-electron chi connectivity index (χ2n) is 4.58. The van der Waals surface area contributed by atoms with Crippen LogP contribution in [-0.2, 0) is 10.0 Å². The molecule has 2 rings (SSSR count). The summed E-state index contributed by atoms with van der Waals surface area (Å²) in [7, 11) is -3.66. The van der Waals surface area contributed by atoms with Crippen LogP contribution in [-0.4, -0.2) is 31.9 Å². The predicted octanol–water partition coefficient (Wildman–Crippen LogP) is 2.40. The highest BCUT2D eigenvalue weighted by atomic mass is 35.5. The summed E-state index contributed by atoms with van der Waals surface area (Å²) in [6.45, 7) is 0.730. The van der Waals surface area contributed by atoms with Crippen LogP contribution in [0.4, 0.5) is 4.39 Å². The van der Waals surface area contributed by atoms with Crippen LogP contribution in [0.2, 0.25) is 5.02 Å². The standard InChI is InChI=1S/C12H16ClFN2O2S.ClH/c13-11-7-10(4-5-12(11)14)19(17,18)16-6-2-1-3-9(16)8-15;/h4-5,7,9H,1-3,6,8,15H2;1H. The highest BCUT2D eigenvalue weighted by molar-refractivity contribution is 7.89. The molecule has 1 aliphatic heterocycles. The van der Waals surface area contributed by atoms with E-state index in [1.54, 1.807) is 0 Å². The molecule has 20 heavy (non-hydrogen) atoms. The van der Waals surface area contributed by atoms with E-state index in [0.717, 1.165) is 31.4 Å². The minimum Gasteiger partial charge on any atom is -0.329 e. The van der Waals surface area contributed by atoms with Gasteiger partial charge in [-0.2, -0.15) is 4.31 Å². The molecule has 2 N–H and O–H groups in total. The van der Waals surface area contributed by atoms with Crippen molar-refractivity contribution in [1.82, 2.24) is 4.31 Å². The fourth-order valence-electron chi connectivity index (χ4n) is 2.30. The van der Waals surface area contributed by atoms with Gasteiger partial charge in [0.1, 0.15) is 5.82 Å². The first-order valence-electron chi connectivity index (χ1n) is 6.14. The van der Waals surface area contributed by atoms with E-state index in [0.29, 0.717) is 6.54 Å². The molecule has 1 unspecified atom stereocenters. The molecule has 8 heteroatoms. The topological polar surface area (TPSA) is 63.4 Å². The normalized spacial score (nSPS) is 20.4. The first-order valence-corrected chi connectivity index (χ1v) is 7.95. The third-order valence-corrected chi connectivity index (χ3v) is 5.58. The maximum absolute atomic E-state index is 13.1. The van der Waals surface area contributed by atoms with Crippen molar-refractivity contribution in [3.63, 3.8) is 0 Å². The molecular weight excluding hydrogens is 326 g/mol. The van der Waals surface area contributed by atoms with Crippen LogP contribution in [0.5, 0.6) is 0 Å². The summed E-state index contributed by atoms with van der Waals surface area (Å²) in [5, 5.41) is -0.192. The maximum atomic E-state index is 13.1. The molecule has 1 aliphatic rings. The predicted molar refractivity (Wildman–Crippen MR) is 79.2 cm³/mol. The van der Waals surface area contributed by atoms with Crippen LogP contribution >= 0.6 is 24.0 Å². The minimum atomic E-state index is -3.66. The number of piperidine rings is 1. The van der Waals surface area contributed by atoms with Gasteiger partial charge in [0.05, 0.1) is 9.92 Å². The Morgan fingerprint density at radius 3 is 2.70 bits per heavy atom. The number of nitrogens with zero attached hydrogens (tertiary/aromatic N) is 1. The molecule has 0 aliphatic carbocycles. The van der Waals surface area contributed by atoms with E-state index < -0.39 is 15.8 Å². The van der Waals surface area contributed by atoms with Crippen LogP contribution in [0.15, 0.2) is 23.1 Å². The van der Waals surface area contributed by atoms with E-state index in [-0.39, 0.29) is 34.9 Å². The van der Waals surface area contributed by atoms with Crippen molar-refractivity contribution in [3.05, 3.63) is 29.0 Å². The largest absolute Gasteiger partial charge is 0.329 e. The highest BCUT2D eigenvalue weighted by Crippen LogP contribution is 2.27. The highest BCUT2D eigenvalue weighted by Gasteiger charge is 2.32. The SMILES string of the molecule is Cl.NCC1CCCCN1S(=O)(=O)c1ccc(F)c(Cl)c1. The summed E-state index contributed by atoms with van der Waals surface area (Å²) >= 11 is 5.65. The van der Waals surface area contributed by atoms with Crippen molar-refractivity contribution >= 4 is 34.0 Å².